The molecule has 0 fully saturated rings. The highest BCUT2D eigenvalue weighted by Crippen LogP contribution is 2.20. The fourth-order valence-corrected chi connectivity index (χ4v) is 2.80. The Bertz CT molecular complexity index is 795. The maximum Gasteiger partial charge on any atom is 0.261 e. The summed E-state index contributed by atoms with van der Waals surface area (Å²) in [4.78, 5) is 36.6. The lowest BCUT2D eigenvalue weighted by Crippen LogP contribution is -2.27. The topological polar surface area (TPSA) is 87.3 Å². The molecule has 7 heteroatoms. The Balaban J connectivity index is 1.76. The lowest BCUT2D eigenvalue weighted by atomic mass is 9.95. The van der Waals surface area contributed by atoms with E-state index in [0.29, 0.717) is 35.6 Å². The lowest BCUT2D eigenvalue weighted by Gasteiger charge is -2.18. The van der Waals surface area contributed by atoms with Crippen molar-refractivity contribution in [2.75, 3.05) is 17.2 Å². The van der Waals surface area contributed by atoms with Crippen LogP contribution in [-0.4, -0.2) is 24.3 Å². The summed E-state index contributed by atoms with van der Waals surface area (Å²) >= 11 is 1.38. The number of carbonyl (C=O) groups excluding carboxylic acids is 3. The summed E-state index contributed by atoms with van der Waals surface area (Å²) in [5, 5.41) is 10.3. The molecule has 0 atom stereocenters. The van der Waals surface area contributed by atoms with E-state index in [9.17, 15) is 14.4 Å². The number of benzene rings is 1. The van der Waals surface area contributed by atoms with Crippen LogP contribution >= 0.6 is 11.3 Å². The third-order valence-corrected chi connectivity index (χ3v) is 4.57. The normalized spacial score (nSPS) is 10.9. The molecule has 3 N–H and O–H groups in total. The molecule has 1 aromatic heterocycles. The van der Waals surface area contributed by atoms with Crippen LogP contribution in [0.15, 0.2) is 41.8 Å². The van der Waals surface area contributed by atoms with Crippen LogP contribution in [-0.2, 0) is 9.59 Å². The Morgan fingerprint density at radius 3 is 2.33 bits per heavy atom. The molecule has 0 saturated carbocycles. The first-order valence-corrected chi connectivity index (χ1v) is 9.67. The van der Waals surface area contributed by atoms with E-state index in [1.165, 1.54) is 11.3 Å². The standard InChI is InChI=1S/C20H25N3O3S/c1-20(2,3)19(26)23-15-8-4-7-14(13-15)22-17(24)10-5-11-21-18(25)16-9-6-12-27-16/h4,6-9,12-13H,5,10-11H2,1-3H3,(H,21,25)(H,22,24)(H,23,26). The molecule has 2 rings (SSSR count). The molecular weight excluding hydrogens is 362 g/mol. The highest BCUT2D eigenvalue weighted by atomic mass is 32.1. The van der Waals surface area contributed by atoms with Crippen molar-refractivity contribution in [1.82, 2.24) is 5.32 Å². The molecule has 27 heavy (non-hydrogen) atoms. The van der Waals surface area contributed by atoms with E-state index >= 15 is 0 Å². The summed E-state index contributed by atoms with van der Waals surface area (Å²) in [7, 11) is 0. The molecular formula is C20H25N3O3S. The number of rotatable bonds is 7. The SMILES string of the molecule is CC(C)(C)C(=O)Nc1cccc(NC(=O)CCCNC(=O)c2cccs2)c1. The minimum Gasteiger partial charge on any atom is -0.351 e. The maximum absolute atomic E-state index is 12.1. The zero-order valence-corrected chi connectivity index (χ0v) is 16.6. The van der Waals surface area contributed by atoms with Crippen molar-refractivity contribution < 1.29 is 14.4 Å². The maximum atomic E-state index is 12.1. The molecule has 0 saturated heterocycles. The fraction of sp³-hybridized carbons (Fsp3) is 0.350. The summed E-state index contributed by atoms with van der Waals surface area (Å²) in [6.45, 7) is 5.95. The predicted molar refractivity (Wildman–Crippen MR) is 109 cm³/mol. The molecule has 3 amide bonds. The second-order valence-corrected chi connectivity index (χ2v) is 8.12. The summed E-state index contributed by atoms with van der Waals surface area (Å²) in [6.07, 6.45) is 0.840. The van der Waals surface area contributed by atoms with Gasteiger partial charge in [0.2, 0.25) is 11.8 Å². The number of hydrogen-bond donors (Lipinski definition) is 3. The van der Waals surface area contributed by atoms with Crippen molar-refractivity contribution in [3.05, 3.63) is 46.7 Å². The number of amides is 3. The van der Waals surface area contributed by atoms with Crippen molar-refractivity contribution in [3.63, 3.8) is 0 Å². The van der Waals surface area contributed by atoms with Crippen LogP contribution in [0.1, 0.15) is 43.3 Å². The van der Waals surface area contributed by atoms with E-state index in [4.69, 9.17) is 0 Å². The molecule has 0 radical (unpaired) electrons. The van der Waals surface area contributed by atoms with Gasteiger partial charge in [-0.1, -0.05) is 32.9 Å². The van der Waals surface area contributed by atoms with Gasteiger partial charge in [0.1, 0.15) is 0 Å². The van der Waals surface area contributed by atoms with Crippen LogP contribution in [0.4, 0.5) is 11.4 Å². The van der Waals surface area contributed by atoms with Gasteiger partial charge in [0.25, 0.3) is 5.91 Å². The minimum atomic E-state index is -0.493. The summed E-state index contributed by atoms with van der Waals surface area (Å²) in [5.41, 5.74) is 0.762. The first-order chi connectivity index (χ1) is 12.8. The van der Waals surface area contributed by atoms with E-state index in [-0.39, 0.29) is 17.7 Å². The third-order valence-electron chi connectivity index (χ3n) is 3.70. The smallest absolute Gasteiger partial charge is 0.261 e. The highest BCUT2D eigenvalue weighted by Gasteiger charge is 2.21. The first kappa shape index (κ1) is 20.6. The fourth-order valence-electron chi connectivity index (χ4n) is 2.16. The average Bonchev–Trinajstić information content (AvgIpc) is 3.12. The molecule has 0 aliphatic rings. The average molecular weight is 388 g/mol. The molecule has 144 valence electrons. The van der Waals surface area contributed by atoms with Gasteiger partial charge in [0.05, 0.1) is 4.88 Å². The third kappa shape index (κ3) is 6.86. The van der Waals surface area contributed by atoms with E-state index in [1.807, 2.05) is 32.2 Å². The number of anilines is 2. The largest absolute Gasteiger partial charge is 0.351 e. The summed E-state index contributed by atoms with van der Waals surface area (Å²) in [6, 6.07) is 10.6. The van der Waals surface area contributed by atoms with Crippen LogP contribution in [0.5, 0.6) is 0 Å². The number of nitrogens with one attached hydrogen (secondary N) is 3. The van der Waals surface area contributed by atoms with Crippen molar-refractivity contribution in [3.8, 4) is 0 Å². The van der Waals surface area contributed by atoms with Crippen LogP contribution in [0, 0.1) is 5.41 Å². The van der Waals surface area contributed by atoms with E-state index in [0.717, 1.165) is 0 Å². The van der Waals surface area contributed by atoms with Gasteiger partial charge in [-0.3, -0.25) is 14.4 Å². The molecule has 2 aromatic rings. The summed E-state index contributed by atoms with van der Waals surface area (Å²) in [5.74, 6) is -0.347. The molecule has 0 spiro atoms. The molecule has 0 unspecified atom stereocenters. The minimum absolute atomic E-state index is 0.0903. The van der Waals surface area contributed by atoms with E-state index in [2.05, 4.69) is 16.0 Å². The van der Waals surface area contributed by atoms with E-state index < -0.39 is 5.41 Å². The van der Waals surface area contributed by atoms with Crippen LogP contribution in [0.2, 0.25) is 0 Å². The van der Waals surface area contributed by atoms with Gasteiger partial charge >= 0.3 is 0 Å². The Hall–Kier alpha value is -2.67. The van der Waals surface area contributed by atoms with Gasteiger partial charge in [0.15, 0.2) is 0 Å². The molecule has 0 aliphatic heterocycles. The second-order valence-electron chi connectivity index (χ2n) is 7.17. The monoisotopic (exact) mass is 387 g/mol. The van der Waals surface area contributed by atoms with Gasteiger partial charge in [-0.15, -0.1) is 11.3 Å². The quantitative estimate of drug-likeness (QED) is 0.630. The van der Waals surface area contributed by atoms with Gasteiger partial charge < -0.3 is 16.0 Å². The predicted octanol–water partition coefficient (Wildman–Crippen LogP) is 3.88. The molecule has 0 aliphatic carbocycles. The van der Waals surface area contributed by atoms with Crippen molar-refractivity contribution in [1.29, 1.82) is 0 Å². The number of carbonyl (C=O) groups is 3. The highest BCUT2D eigenvalue weighted by molar-refractivity contribution is 7.12. The Morgan fingerprint density at radius 1 is 1.00 bits per heavy atom. The molecule has 1 aromatic carbocycles. The van der Waals surface area contributed by atoms with Crippen molar-refractivity contribution in [2.24, 2.45) is 5.41 Å². The number of thiophene rings is 1. The van der Waals surface area contributed by atoms with Gasteiger partial charge in [-0.05, 0) is 36.1 Å². The lowest BCUT2D eigenvalue weighted by molar-refractivity contribution is -0.123. The van der Waals surface area contributed by atoms with Crippen LogP contribution in [0.25, 0.3) is 0 Å². The molecule has 6 nitrogen and oxygen atoms in total. The zero-order valence-electron chi connectivity index (χ0n) is 15.8. The van der Waals surface area contributed by atoms with Crippen LogP contribution in [0.3, 0.4) is 0 Å². The summed E-state index contributed by atoms with van der Waals surface area (Å²) < 4.78 is 0. The Kier molecular flexibility index (Phi) is 7.12. The zero-order chi connectivity index (χ0) is 19.9. The van der Waals surface area contributed by atoms with Gasteiger partial charge in [-0.2, -0.15) is 0 Å². The van der Waals surface area contributed by atoms with Gasteiger partial charge in [0, 0.05) is 29.8 Å². The molecule has 0 bridgehead atoms. The Labute approximate surface area is 163 Å². The van der Waals surface area contributed by atoms with Crippen LogP contribution < -0.4 is 16.0 Å². The number of hydrogen-bond acceptors (Lipinski definition) is 4. The van der Waals surface area contributed by atoms with Gasteiger partial charge in [-0.25, -0.2) is 0 Å². The second kappa shape index (κ2) is 9.32. The first-order valence-electron chi connectivity index (χ1n) is 8.79. The Morgan fingerprint density at radius 2 is 1.70 bits per heavy atom. The van der Waals surface area contributed by atoms with E-state index in [1.54, 1.807) is 30.3 Å². The molecule has 1 heterocycles. The van der Waals surface area contributed by atoms with Crippen molar-refractivity contribution >= 4 is 40.4 Å². The van der Waals surface area contributed by atoms with Crippen molar-refractivity contribution in [2.45, 2.75) is 33.6 Å².